The van der Waals surface area contributed by atoms with Gasteiger partial charge in [0.2, 0.25) is 0 Å². The number of para-hydroxylation sites is 1. The number of fused-ring (bicyclic) bond motifs is 1. The van der Waals surface area contributed by atoms with Gasteiger partial charge < -0.3 is 30.2 Å². The Balaban J connectivity index is 1.21. The molecule has 3 N–H and O–H groups in total. The highest BCUT2D eigenvalue weighted by molar-refractivity contribution is 6.02. The molecule has 0 spiro atoms. The number of hydrogen-bond donors (Lipinski definition) is 3. The molecule has 10 nitrogen and oxygen atoms in total. The molecule has 2 aromatic heterocycles. The van der Waals surface area contributed by atoms with E-state index in [0.29, 0.717) is 18.0 Å². The summed E-state index contributed by atoms with van der Waals surface area (Å²) >= 11 is 0. The highest BCUT2D eigenvalue weighted by Gasteiger charge is 2.30. The lowest BCUT2D eigenvalue weighted by Crippen LogP contribution is -2.49. The first-order valence-electron chi connectivity index (χ1n) is 15.2. The lowest BCUT2D eigenvalue weighted by atomic mass is 10.0. The van der Waals surface area contributed by atoms with Crippen molar-refractivity contribution in [3.63, 3.8) is 0 Å². The number of rotatable bonds is 10. The Morgan fingerprint density at radius 3 is 2.74 bits per heavy atom. The maximum Gasteiger partial charge on any atom is 0.323 e. The molecule has 2 aliphatic heterocycles. The zero-order valence-corrected chi connectivity index (χ0v) is 24.6. The van der Waals surface area contributed by atoms with Gasteiger partial charge in [-0.1, -0.05) is 25.1 Å². The second-order valence-corrected chi connectivity index (χ2v) is 11.1. The fraction of sp³-hybridized carbons (Fsp3) is 0.406. The normalized spacial score (nSPS) is 17.5. The first kappa shape index (κ1) is 28.9. The molecule has 43 heavy (non-hydrogen) atoms. The van der Waals surface area contributed by atoms with E-state index >= 15 is 0 Å². The van der Waals surface area contributed by atoms with Crippen molar-refractivity contribution in [1.82, 2.24) is 19.9 Å². The Bertz CT molecular complexity index is 1540. The third kappa shape index (κ3) is 6.57. The Morgan fingerprint density at radius 2 is 1.88 bits per heavy atom. The molecule has 0 saturated carbocycles. The van der Waals surface area contributed by atoms with Gasteiger partial charge in [0, 0.05) is 57.8 Å². The molecular weight excluding hydrogens is 547 g/mol. The first-order chi connectivity index (χ1) is 21.1. The van der Waals surface area contributed by atoms with E-state index in [1.807, 2.05) is 36.5 Å². The van der Waals surface area contributed by atoms with Crippen molar-refractivity contribution in [2.45, 2.75) is 32.2 Å². The predicted molar refractivity (Wildman–Crippen MR) is 168 cm³/mol. The van der Waals surface area contributed by atoms with Gasteiger partial charge in [-0.3, -0.25) is 4.90 Å². The average Bonchev–Trinajstić information content (AvgIpc) is 3.73. The summed E-state index contributed by atoms with van der Waals surface area (Å²) in [4.78, 5) is 32.2. The second kappa shape index (κ2) is 13.4. The van der Waals surface area contributed by atoms with Crippen LogP contribution in [0.25, 0.3) is 11.0 Å². The fourth-order valence-corrected chi connectivity index (χ4v) is 6.09. The second-order valence-electron chi connectivity index (χ2n) is 11.1. The molecule has 11 heteroatoms. The van der Waals surface area contributed by atoms with Crippen LogP contribution in [0.4, 0.5) is 32.1 Å². The van der Waals surface area contributed by atoms with Crippen LogP contribution in [-0.2, 0) is 4.74 Å². The van der Waals surface area contributed by atoms with Crippen LogP contribution >= 0.6 is 0 Å². The number of nitrogens with zero attached hydrogens (tertiary/aromatic N) is 5. The number of ether oxygens (including phenoxy) is 1. The predicted octanol–water partition coefficient (Wildman–Crippen LogP) is 5.63. The van der Waals surface area contributed by atoms with Crippen molar-refractivity contribution in [2.24, 2.45) is 0 Å². The summed E-state index contributed by atoms with van der Waals surface area (Å²) in [7, 11) is 0. The number of urea groups is 1. The number of amides is 2. The van der Waals surface area contributed by atoms with E-state index in [2.05, 4.69) is 53.3 Å². The monoisotopic (exact) mass is 586 g/mol. The molecular formula is C32H39FN8O2. The number of hydrogen-bond acceptors (Lipinski definition) is 7. The lowest BCUT2D eigenvalue weighted by Gasteiger charge is -2.42. The van der Waals surface area contributed by atoms with Crippen molar-refractivity contribution in [3.8, 4) is 0 Å². The molecule has 0 bridgehead atoms. The van der Waals surface area contributed by atoms with Gasteiger partial charge in [-0.15, -0.1) is 0 Å². The number of nitrogens with one attached hydrogen (secondary N) is 3. The summed E-state index contributed by atoms with van der Waals surface area (Å²) in [5.41, 5.74) is 3.45. The third-order valence-electron chi connectivity index (χ3n) is 8.20. The topological polar surface area (TPSA) is 102 Å². The van der Waals surface area contributed by atoms with Crippen LogP contribution in [0, 0.1) is 5.82 Å². The van der Waals surface area contributed by atoms with E-state index < -0.39 is 11.8 Å². The molecule has 1 atom stereocenters. The van der Waals surface area contributed by atoms with Gasteiger partial charge >= 0.3 is 6.03 Å². The quantitative estimate of drug-likeness (QED) is 0.207. The molecule has 4 heterocycles. The molecule has 0 radical (unpaired) electrons. The van der Waals surface area contributed by atoms with Crippen LogP contribution < -0.4 is 20.4 Å². The van der Waals surface area contributed by atoms with Crippen LogP contribution in [0.15, 0.2) is 61.1 Å². The molecule has 0 aliphatic carbocycles. The fourth-order valence-electron chi connectivity index (χ4n) is 6.09. The number of carbonyl (C=O) groups is 1. The van der Waals surface area contributed by atoms with Crippen molar-refractivity contribution in [1.29, 1.82) is 0 Å². The Morgan fingerprint density at radius 1 is 1.02 bits per heavy atom. The minimum atomic E-state index is -0.478. The van der Waals surface area contributed by atoms with E-state index in [9.17, 15) is 9.18 Å². The number of halogens is 1. The largest absolute Gasteiger partial charge is 0.380 e. The van der Waals surface area contributed by atoms with Gasteiger partial charge in [0.05, 0.1) is 23.7 Å². The number of piperazine rings is 1. The molecule has 2 fully saturated rings. The summed E-state index contributed by atoms with van der Waals surface area (Å²) in [6, 6.07) is 14.4. The molecule has 2 amide bonds. The zero-order chi connectivity index (χ0) is 29.6. The van der Waals surface area contributed by atoms with Crippen molar-refractivity contribution >= 4 is 39.9 Å². The van der Waals surface area contributed by atoms with Gasteiger partial charge in [0.1, 0.15) is 29.3 Å². The minimum Gasteiger partial charge on any atom is -0.380 e. The number of anilines is 4. The zero-order valence-electron chi connectivity index (χ0n) is 24.6. The summed E-state index contributed by atoms with van der Waals surface area (Å²) < 4.78 is 20.7. The van der Waals surface area contributed by atoms with Crippen molar-refractivity contribution < 1.29 is 13.9 Å². The van der Waals surface area contributed by atoms with Gasteiger partial charge in [-0.2, -0.15) is 0 Å². The third-order valence-corrected chi connectivity index (χ3v) is 8.20. The molecule has 2 aliphatic rings. The van der Waals surface area contributed by atoms with Crippen LogP contribution in [0.3, 0.4) is 0 Å². The van der Waals surface area contributed by atoms with Gasteiger partial charge in [0.25, 0.3) is 0 Å². The minimum absolute atomic E-state index is 0.0427. The van der Waals surface area contributed by atoms with E-state index in [4.69, 9.17) is 4.74 Å². The molecule has 1 unspecified atom stereocenters. The Hall–Kier alpha value is -4.22. The van der Waals surface area contributed by atoms with Gasteiger partial charge in [-0.05, 0) is 55.2 Å². The number of carbonyl (C=O) groups excluding carboxylic acids is 1. The van der Waals surface area contributed by atoms with Crippen LogP contribution in [0.2, 0.25) is 0 Å². The van der Waals surface area contributed by atoms with Crippen LogP contribution in [0.1, 0.15) is 37.8 Å². The maximum atomic E-state index is 14.9. The number of aromatic nitrogens is 3. The highest BCUT2D eigenvalue weighted by Crippen LogP contribution is 2.33. The molecule has 4 aromatic rings. The summed E-state index contributed by atoms with van der Waals surface area (Å²) in [5, 5.41) is 6.71. The highest BCUT2D eigenvalue weighted by atomic mass is 19.1. The van der Waals surface area contributed by atoms with Crippen LogP contribution in [0.5, 0.6) is 0 Å². The molecule has 2 aromatic carbocycles. The van der Waals surface area contributed by atoms with Gasteiger partial charge in [0.15, 0.2) is 0 Å². The standard InChI is InChI=1S/C32H39FN8O2/c1-2-18-43-19-17-40-15-16-41(31-25-11-12-34-30(25)35-22-36-31)21-28(40)23-7-5-8-24(20-23)37-32(42)38-29-26(33)9-6-10-27(29)39-13-3-4-14-39/h5-12,20,22,28H,2-4,13-19,21H2,1H3,(H,34,35,36)(H2,37,38,42). The first-order valence-corrected chi connectivity index (χ1v) is 15.2. The summed E-state index contributed by atoms with van der Waals surface area (Å²) in [6.45, 7) is 8.39. The summed E-state index contributed by atoms with van der Waals surface area (Å²) in [5.74, 6) is 0.461. The van der Waals surface area contributed by atoms with Gasteiger partial charge in [-0.25, -0.2) is 19.2 Å². The Labute approximate surface area is 251 Å². The van der Waals surface area contributed by atoms with E-state index in [-0.39, 0.29) is 11.7 Å². The number of H-pyrrole nitrogens is 1. The van der Waals surface area contributed by atoms with E-state index in [1.165, 1.54) is 6.07 Å². The Kier molecular flexibility index (Phi) is 8.99. The lowest BCUT2D eigenvalue weighted by molar-refractivity contribution is 0.0815. The molecule has 6 rings (SSSR count). The maximum absolute atomic E-state index is 14.9. The average molecular weight is 587 g/mol. The molecule has 226 valence electrons. The number of aromatic amines is 1. The summed E-state index contributed by atoms with van der Waals surface area (Å²) in [6.07, 6.45) is 6.59. The smallest absolute Gasteiger partial charge is 0.323 e. The van der Waals surface area contributed by atoms with Crippen molar-refractivity contribution in [2.75, 3.05) is 72.9 Å². The van der Waals surface area contributed by atoms with E-state index in [0.717, 1.165) is 87.6 Å². The molecule has 2 saturated heterocycles. The van der Waals surface area contributed by atoms with E-state index in [1.54, 1.807) is 12.4 Å². The SMILES string of the molecule is CCCOCCN1CCN(c2ncnc3[nH]ccc23)CC1c1cccc(NC(=O)Nc2c(F)cccc2N2CCCC2)c1. The van der Waals surface area contributed by atoms with Crippen molar-refractivity contribution in [3.05, 3.63) is 72.4 Å². The number of benzene rings is 2. The van der Waals surface area contributed by atoms with Crippen LogP contribution in [-0.4, -0.2) is 78.4 Å².